The third kappa shape index (κ3) is 2.91. The fourth-order valence-corrected chi connectivity index (χ4v) is 1.65. The molecule has 1 N–H and O–H groups in total. The fraction of sp³-hybridized carbons (Fsp3) is 0.385. The van der Waals surface area contributed by atoms with Gasteiger partial charge in [-0.2, -0.15) is 0 Å². The number of ketones is 1. The first-order valence-corrected chi connectivity index (χ1v) is 5.27. The van der Waals surface area contributed by atoms with E-state index in [0.717, 1.165) is 5.56 Å². The van der Waals surface area contributed by atoms with Crippen LogP contribution < -0.4 is 0 Å². The van der Waals surface area contributed by atoms with Crippen molar-refractivity contribution >= 4 is 11.8 Å². The Kier molecular flexibility index (Phi) is 4.02. The molecule has 0 unspecified atom stereocenters. The highest BCUT2D eigenvalue weighted by Gasteiger charge is 2.40. The summed E-state index contributed by atoms with van der Waals surface area (Å²) in [6.07, 6.45) is -0.289. The summed E-state index contributed by atoms with van der Waals surface area (Å²) < 4.78 is 4.56. The highest BCUT2D eigenvalue weighted by atomic mass is 16.5. The lowest BCUT2D eigenvalue weighted by Crippen LogP contribution is -2.38. The molecule has 1 rings (SSSR count). The molecule has 0 spiro atoms. The summed E-state index contributed by atoms with van der Waals surface area (Å²) in [5, 5.41) is 10.3. The summed E-state index contributed by atoms with van der Waals surface area (Å²) in [6, 6.07) is 6.77. The van der Waals surface area contributed by atoms with E-state index in [1.807, 2.05) is 6.92 Å². The molecule has 0 aliphatic carbocycles. The van der Waals surface area contributed by atoms with Crippen LogP contribution in [-0.4, -0.2) is 24.0 Å². The molecule has 0 saturated heterocycles. The van der Waals surface area contributed by atoms with E-state index in [2.05, 4.69) is 4.74 Å². The molecule has 4 nitrogen and oxygen atoms in total. The van der Waals surface area contributed by atoms with Crippen molar-refractivity contribution in [2.45, 2.75) is 25.9 Å². The minimum Gasteiger partial charge on any atom is -0.467 e. The van der Waals surface area contributed by atoms with Crippen LogP contribution in [0.3, 0.4) is 0 Å². The summed E-state index contributed by atoms with van der Waals surface area (Å²) in [5.41, 5.74) is -0.525. The van der Waals surface area contributed by atoms with E-state index in [1.54, 1.807) is 24.3 Å². The van der Waals surface area contributed by atoms with Gasteiger partial charge in [0.2, 0.25) is 0 Å². The van der Waals surface area contributed by atoms with Crippen LogP contribution in [0.2, 0.25) is 0 Å². The predicted octanol–water partition coefficient (Wildman–Crippen LogP) is 1.33. The molecule has 0 bridgehead atoms. The van der Waals surface area contributed by atoms with Gasteiger partial charge in [0.15, 0.2) is 5.60 Å². The predicted molar refractivity (Wildman–Crippen MR) is 62.4 cm³/mol. The molecule has 0 fully saturated rings. The van der Waals surface area contributed by atoms with Crippen molar-refractivity contribution in [3.8, 4) is 0 Å². The number of rotatable bonds is 4. The molecular weight excluding hydrogens is 220 g/mol. The molecule has 0 aliphatic heterocycles. The van der Waals surface area contributed by atoms with Crippen LogP contribution >= 0.6 is 0 Å². The Labute approximate surface area is 100 Å². The minimum absolute atomic E-state index is 0.279. The third-order valence-corrected chi connectivity index (χ3v) is 2.56. The van der Waals surface area contributed by atoms with Crippen molar-refractivity contribution in [2.24, 2.45) is 0 Å². The first-order chi connectivity index (χ1) is 7.90. The second-order valence-corrected chi connectivity index (χ2v) is 4.10. The van der Waals surface area contributed by atoms with Crippen molar-refractivity contribution in [3.05, 3.63) is 35.4 Å². The number of aryl methyl sites for hydroxylation is 1. The van der Waals surface area contributed by atoms with Crippen molar-refractivity contribution in [1.29, 1.82) is 0 Å². The molecule has 17 heavy (non-hydrogen) atoms. The van der Waals surface area contributed by atoms with E-state index < -0.39 is 11.6 Å². The molecule has 0 radical (unpaired) electrons. The maximum Gasteiger partial charge on any atom is 0.343 e. The van der Waals surface area contributed by atoms with Crippen molar-refractivity contribution in [3.63, 3.8) is 0 Å². The van der Waals surface area contributed by atoms with Gasteiger partial charge in [-0.1, -0.05) is 29.8 Å². The molecule has 0 aromatic heterocycles. The highest BCUT2D eigenvalue weighted by Crippen LogP contribution is 2.27. The zero-order chi connectivity index (χ0) is 13.1. The zero-order valence-electron chi connectivity index (χ0n) is 10.2. The van der Waals surface area contributed by atoms with Gasteiger partial charge in [-0.05, 0) is 19.4 Å². The van der Waals surface area contributed by atoms with Crippen LogP contribution in [0.5, 0.6) is 0 Å². The van der Waals surface area contributed by atoms with E-state index in [1.165, 1.54) is 14.0 Å². The van der Waals surface area contributed by atoms with E-state index in [9.17, 15) is 14.7 Å². The molecule has 0 heterocycles. The lowest BCUT2D eigenvalue weighted by molar-refractivity contribution is -0.166. The van der Waals surface area contributed by atoms with Gasteiger partial charge in [0.05, 0.1) is 7.11 Å². The molecule has 0 aliphatic rings. The van der Waals surface area contributed by atoms with E-state index in [-0.39, 0.29) is 12.2 Å². The number of carbonyl (C=O) groups is 2. The number of aliphatic hydroxyl groups is 1. The SMILES string of the molecule is COC(=O)[C@](O)(CC(C)=O)c1ccc(C)cc1. The molecule has 1 atom stereocenters. The van der Waals surface area contributed by atoms with Crippen LogP contribution in [0.15, 0.2) is 24.3 Å². The maximum absolute atomic E-state index is 11.6. The summed E-state index contributed by atoms with van der Waals surface area (Å²) in [6.45, 7) is 3.22. The molecule has 0 amide bonds. The first-order valence-electron chi connectivity index (χ1n) is 5.27. The summed E-state index contributed by atoms with van der Waals surface area (Å²) >= 11 is 0. The van der Waals surface area contributed by atoms with Crippen molar-refractivity contribution in [1.82, 2.24) is 0 Å². The van der Waals surface area contributed by atoms with E-state index in [4.69, 9.17) is 0 Å². The van der Waals surface area contributed by atoms with Gasteiger partial charge >= 0.3 is 5.97 Å². The van der Waals surface area contributed by atoms with Crippen LogP contribution in [-0.2, 0) is 19.9 Å². The second-order valence-electron chi connectivity index (χ2n) is 4.10. The largest absolute Gasteiger partial charge is 0.467 e. The Morgan fingerprint density at radius 2 is 1.82 bits per heavy atom. The number of hydrogen-bond donors (Lipinski definition) is 1. The number of carbonyl (C=O) groups excluding carboxylic acids is 2. The third-order valence-electron chi connectivity index (χ3n) is 2.56. The van der Waals surface area contributed by atoms with Gasteiger partial charge in [0.25, 0.3) is 0 Å². The second kappa shape index (κ2) is 5.10. The number of ether oxygens (including phenoxy) is 1. The molecule has 4 heteroatoms. The standard InChI is InChI=1S/C13H16O4/c1-9-4-6-11(7-5-9)13(16,8-10(2)14)12(15)17-3/h4-7,16H,8H2,1-3H3/t13-/m0/s1. The number of benzene rings is 1. The smallest absolute Gasteiger partial charge is 0.343 e. The van der Waals surface area contributed by atoms with Gasteiger partial charge in [-0.3, -0.25) is 4.79 Å². The molecule has 92 valence electrons. The Bertz CT molecular complexity index is 422. The summed E-state index contributed by atoms with van der Waals surface area (Å²) in [7, 11) is 1.18. The van der Waals surface area contributed by atoms with Gasteiger partial charge in [0.1, 0.15) is 5.78 Å². The highest BCUT2D eigenvalue weighted by molar-refractivity contribution is 5.88. The zero-order valence-corrected chi connectivity index (χ0v) is 10.2. The number of methoxy groups -OCH3 is 1. The number of esters is 1. The Hall–Kier alpha value is -1.68. The van der Waals surface area contributed by atoms with Gasteiger partial charge < -0.3 is 9.84 Å². The van der Waals surface area contributed by atoms with Crippen molar-refractivity contribution in [2.75, 3.05) is 7.11 Å². The Balaban J connectivity index is 3.18. The van der Waals surface area contributed by atoms with Gasteiger partial charge in [0, 0.05) is 6.42 Å². The summed E-state index contributed by atoms with van der Waals surface area (Å²) in [4.78, 5) is 22.8. The van der Waals surface area contributed by atoms with E-state index >= 15 is 0 Å². The molecular formula is C13H16O4. The maximum atomic E-state index is 11.6. The number of hydrogen-bond acceptors (Lipinski definition) is 4. The molecule has 1 aromatic rings. The Morgan fingerprint density at radius 3 is 2.24 bits per heavy atom. The van der Waals surface area contributed by atoms with Gasteiger partial charge in [-0.25, -0.2) is 4.79 Å². The lowest BCUT2D eigenvalue weighted by atomic mass is 9.88. The average Bonchev–Trinajstić information content (AvgIpc) is 2.27. The molecule has 0 saturated carbocycles. The van der Waals surface area contributed by atoms with Gasteiger partial charge in [-0.15, -0.1) is 0 Å². The molecule has 1 aromatic carbocycles. The minimum atomic E-state index is -1.89. The Morgan fingerprint density at radius 1 is 1.29 bits per heavy atom. The topological polar surface area (TPSA) is 63.6 Å². The van der Waals surface area contributed by atoms with Crippen LogP contribution in [0.1, 0.15) is 24.5 Å². The van der Waals surface area contributed by atoms with Crippen LogP contribution in [0, 0.1) is 6.92 Å². The fourth-order valence-electron chi connectivity index (χ4n) is 1.65. The first kappa shape index (κ1) is 13.4. The normalized spacial score (nSPS) is 13.9. The monoisotopic (exact) mass is 236 g/mol. The quantitative estimate of drug-likeness (QED) is 0.801. The lowest BCUT2D eigenvalue weighted by Gasteiger charge is -2.24. The summed E-state index contributed by atoms with van der Waals surface area (Å²) in [5.74, 6) is -1.10. The van der Waals surface area contributed by atoms with Crippen molar-refractivity contribution < 1.29 is 19.4 Å². The van der Waals surface area contributed by atoms with Crippen LogP contribution in [0.4, 0.5) is 0 Å². The number of Topliss-reactive ketones (excluding diaryl/α,β-unsaturated/α-hetero) is 1. The average molecular weight is 236 g/mol. The van der Waals surface area contributed by atoms with E-state index in [0.29, 0.717) is 5.56 Å². The van der Waals surface area contributed by atoms with Crippen LogP contribution in [0.25, 0.3) is 0 Å².